The minimum Gasteiger partial charge on any atom is -0.483 e. The Balaban J connectivity index is 2.79. The van der Waals surface area contributed by atoms with Gasteiger partial charge in [0.15, 0.2) is 12.4 Å². The van der Waals surface area contributed by atoms with Gasteiger partial charge in [-0.1, -0.05) is 6.07 Å². The molecular formula is C11H14O2. The van der Waals surface area contributed by atoms with E-state index >= 15 is 0 Å². The molecule has 0 aliphatic heterocycles. The van der Waals surface area contributed by atoms with E-state index in [2.05, 4.69) is 0 Å². The van der Waals surface area contributed by atoms with Crippen LogP contribution in [0.1, 0.15) is 18.1 Å². The number of benzene rings is 1. The second-order valence-electron chi connectivity index (χ2n) is 3.21. The Bertz CT molecular complexity index is 305. The number of aldehydes is 1. The van der Waals surface area contributed by atoms with Crippen molar-refractivity contribution in [3.05, 3.63) is 29.3 Å². The third kappa shape index (κ3) is 2.58. The smallest absolute Gasteiger partial charge is 0.160 e. The second kappa shape index (κ2) is 4.08. The summed E-state index contributed by atoms with van der Waals surface area (Å²) in [6.07, 6.45) is 0.414. The number of hydrogen-bond donors (Lipinski definition) is 0. The number of carbonyl (C=O) groups is 1. The molecule has 1 rings (SSSR count). The predicted octanol–water partition coefficient (Wildman–Crippen LogP) is 2.27. The van der Waals surface area contributed by atoms with E-state index in [4.69, 9.17) is 4.74 Å². The first-order valence-corrected chi connectivity index (χ1v) is 4.32. The molecular weight excluding hydrogens is 164 g/mol. The first kappa shape index (κ1) is 9.78. The van der Waals surface area contributed by atoms with Crippen molar-refractivity contribution in [2.45, 2.75) is 26.9 Å². The lowest BCUT2D eigenvalue weighted by Gasteiger charge is -2.09. The topological polar surface area (TPSA) is 26.3 Å². The molecule has 13 heavy (non-hydrogen) atoms. The molecule has 2 nitrogen and oxygen atoms in total. The lowest BCUT2D eigenvalue weighted by molar-refractivity contribution is -0.113. The monoisotopic (exact) mass is 178 g/mol. The van der Waals surface area contributed by atoms with Crippen LogP contribution in [0.2, 0.25) is 0 Å². The van der Waals surface area contributed by atoms with E-state index in [0.29, 0.717) is 0 Å². The van der Waals surface area contributed by atoms with Crippen LogP contribution in [0.4, 0.5) is 0 Å². The van der Waals surface area contributed by atoms with Crippen LogP contribution >= 0.6 is 0 Å². The molecule has 1 aromatic carbocycles. The van der Waals surface area contributed by atoms with E-state index in [0.717, 1.165) is 12.0 Å². The van der Waals surface area contributed by atoms with Gasteiger partial charge >= 0.3 is 0 Å². The van der Waals surface area contributed by atoms with Crippen LogP contribution < -0.4 is 4.74 Å². The highest BCUT2D eigenvalue weighted by atomic mass is 16.5. The highest BCUT2D eigenvalue weighted by Gasteiger charge is 2.02. The number of hydrogen-bond acceptors (Lipinski definition) is 2. The van der Waals surface area contributed by atoms with Gasteiger partial charge in [-0.15, -0.1) is 0 Å². The quantitative estimate of drug-likeness (QED) is 0.664. The fraction of sp³-hybridized carbons (Fsp3) is 0.364. The first-order chi connectivity index (χ1) is 6.13. The lowest BCUT2D eigenvalue weighted by atomic mass is 10.1. The van der Waals surface area contributed by atoms with Crippen molar-refractivity contribution >= 4 is 6.29 Å². The van der Waals surface area contributed by atoms with Crippen LogP contribution in [0, 0.1) is 13.8 Å². The van der Waals surface area contributed by atoms with Gasteiger partial charge in [-0.05, 0) is 44.0 Å². The Morgan fingerprint density at radius 1 is 1.31 bits per heavy atom. The molecule has 0 heterocycles. The fourth-order valence-electron chi connectivity index (χ4n) is 1.03. The minimum atomic E-state index is -0.373. The SMILES string of the molecule is Cc1ccc(OC(C)C=O)cc1C. The first-order valence-electron chi connectivity index (χ1n) is 4.32. The Morgan fingerprint density at radius 3 is 2.54 bits per heavy atom. The van der Waals surface area contributed by atoms with Crippen LogP contribution in [0.3, 0.4) is 0 Å². The van der Waals surface area contributed by atoms with Gasteiger partial charge in [-0.25, -0.2) is 0 Å². The van der Waals surface area contributed by atoms with Crippen molar-refractivity contribution in [1.82, 2.24) is 0 Å². The molecule has 1 unspecified atom stereocenters. The number of rotatable bonds is 3. The van der Waals surface area contributed by atoms with Crippen molar-refractivity contribution in [2.75, 3.05) is 0 Å². The van der Waals surface area contributed by atoms with Gasteiger partial charge in [-0.2, -0.15) is 0 Å². The van der Waals surface area contributed by atoms with E-state index in [-0.39, 0.29) is 6.10 Å². The van der Waals surface area contributed by atoms with Gasteiger partial charge in [0.25, 0.3) is 0 Å². The molecule has 70 valence electrons. The molecule has 2 heteroatoms. The molecule has 0 aromatic heterocycles. The molecule has 0 N–H and O–H groups in total. The summed E-state index contributed by atoms with van der Waals surface area (Å²) >= 11 is 0. The fourth-order valence-corrected chi connectivity index (χ4v) is 1.03. The summed E-state index contributed by atoms with van der Waals surface area (Å²) in [5.74, 6) is 0.753. The van der Waals surface area contributed by atoms with Crippen LogP contribution in [0.25, 0.3) is 0 Å². The van der Waals surface area contributed by atoms with Crippen LogP contribution in [-0.4, -0.2) is 12.4 Å². The molecule has 0 spiro atoms. The predicted molar refractivity (Wildman–Crippen MR) is 52.1 cm³/mol. The molecule has 1 aromatic rings. The van der Waals surface area contributed by atoms with E-state index in [9.17, 15) is 4.79 Å². The van der Waals surface area contributed by atoms with Gasteiger partial charge in [0.05, 0.1) is 0 Å². The standard InChI is InChI=1S/C11H14O2/c1-8-4-5-11(6-9(8)2)13-10(3)7-12/h4-7,10H,1-3H3. The molecule has 0 saturated carbocycles. The molecule has 1 atom stereocenters. The lowest BCUT2D eigenvalue weighted by Crippen LogP contribution is -2.12. The maximum Gasteiger partial charge on any atom is 0.160 e. The minimum absolute atomic E-state index is 0.373. The van der Waals surface area contributed by atoms with Gasteiger partial charge in [0.1, 0.15) is 5.75 Å². The van der Waals surface area contributed by atoms with Crippen molar-refractivity contribution in [3.8, 4) is 5.75 Å². The summed E-state index contributed by atoms with van der Waals surface area (Å²) in [6.45, 7) is 5.79. The van der Waals surface area contributed by atoms with Crippen molar-refractivity contribution in [1.29, 1.82) is 0 Å². The highest BCUT2D eigenvalue weighted by Crippen LogP contribution is 2.17. The van der Waals surface area contributed by atoms with Crippen LogP contribution in [-0.2, 0) is 4.79 Å². The van der Waals surface area contributed by atoms with E-state index in [1.54, 1.807) is 6.92 Å². The van der Waals surface area contributed by atoms with E-state index in [1.807, 2.05) is 32.0 Å². The average Bonchev–Trinajstić information content (AvgIpc) is 2.11. The van der Waals surface area contributed by atoms with Crippen LogP contribution in [0.5, 0.6) is 5.75 Å². The maximum atomic E-state index is 10.3. The number of ether oxygens (including phenoxy) is 1. The highest BCUT2D eigenvalue weighted by molar-refractivity contribution is 5.56. The van der Waals surface area contributed by atoms with Crippen molar-refractivity contribution < 1.29 is 9.53 Å². The summed E-state index contributed by atoms with van der Waals surface area (Å²) in [6, 6.07) is 5.81. The Labute approximate surface area is 78.5 Å². The molecule has 0 bridgehead atoms. The summed E-state index contributed by atoms with van der Waals surface area (Å²) < 4.78 is 5.33. The molecule has 0 amide bonds. The van der Waals surface area contributed by atoms with Crippen LogP contribution in [0.15, 0.2) is 18.2 Å². The van der Waals surface area contributed by atoms with Gasteiger partial charge in [-0.3, -0.25) is 4.79 Å². The second-order valence-corrected chi connectivity index (χ2v) is 3.21. The summed E-state index contributed by atoms with van der Waals surface area (Å²) in [4.78, 5) is 10.3. The Hall–Kier alpha value is -1.31. The molecule has 0 saturated heterocycles. The third-order valence-corrected chi connectivity index (χ3v) is 1.99. The molecule has 0 aliphatic rings. The largest absolute Gasteiger partial charge is 0.483 e. The Kier molecular flexibility index (Phi) is 3.07. The summed E-state index contributed by atoms with van der Waals surface area (Å²) in [5.41, 5.74) is 2.40. The Morgan fingerprint density at radius 2 is 2.00 bits per heavy atom. The van der Waals surface area contributed by atoms with Crippen molar-refractivity contribution in [2.24, 2.45) is 0 Å². The molecule has 0 radical (unpaired) electrons. The van der Waals surface area contributed by atoms with Crippen molar-refractivity contribution in [3.63, 3.8) is 0 Å². The average molecular weight is 178 g/mol. The summed E-state index contributed by atoms with van der Waals surface area (Å²) in [5, 5.41) is 0. The molecule has 0 fully saturated rings. The summed E-state index contributed by atoms with van der Waals surface area (Å²) in [7, 11) is 0. The van der Waals surface area contributed by atoms with Gasteiger partial charge in [0, 0.05) is 0 Å². The zero-order chi connectivity index (χ0) is 9.84. The molecule has 0 aliphatic carbocycles. The van der Waals surface area contributed by atoms with Gasteiger partial charge < -0.3 is 4.74 Å². The third-order valence-electron chi connectivity index (χ3n) is 1.99. The van der Waals surface area contributed by atoms with Gasteiger partial charge in [0.2, 0.25) is 0 Å². The zero-order valence-corrected chi connectivity index (χ0v) is 8.20. The van der Waals surface area contributed by atoms with E-state index in [1.165, 1.54) is 11.1 Å². The number of aryl methyl sites for hydroxylation is 2. The maximum absolute atomic E-state index is 10.3. The number of carbonyl (C=O) groups excluding carboxylic acids is 1. The zero-order valence-electron chi connectivity index (χ0n) is 8.20. The van der Waals surface area contributed by atoms with E-state index < -0.39 is 0 Å². The normalized spacial score (nSPS) is 12.2.